The Morgan fingerprint density at radius 1 is 1.15 bits per heavy atom. The number of guanidine groups is 1. The van der Waals surface area contributed by atoms with Crippen molar-refractivity contribution >= 4 is 11.9 Å². The summed E-state index contributed by atoms with van der Waals surface area (Å²) in [6.45, 7) is 6.52. The average Bonchev–Trinajstić information content (AvgIpc) is 2.67. The number of nitrogens with zero attached hydrogens (tertiary/aromatic N) is 2. The van der Waals surface area contributed by atoms with Crippen LogP contribution >= 0.6 is 0 Å². The van der Waals surface area contributed by atoms with Gasteiger partial charge in [-0.05, 0) is 18.9 Å². The van der Waals surface area contributed by atoms with E-state index in [0.29, 0.717) is 45.9 Å². The maximum Gasteiger partial charge on any atom is 0.224 e. The van der Waals surface area contributed by atoms with Gasteiger partial charge >= 0.3 is 0 Å². The number of hydrogen-bond acceptors (Lipinski definition) is 4. The van der Waals surface area contributed by atoms with E-state index in [4.69, 9.17) is 9.47 Å². The number of ether oxygens (including phenoxy) is 2. The SMILES string of the molecule is CCNC(=NCCCOCCOC)NCCC(=O)N(C)Cc1ccccc1. The Bertz CT molecular complexity index is 537. The number of amides is 1. The first kappa shape index (κ1) is 22.9. The van der Waals surface area contributed by atoms with Crippen molar-refractivity contribution in [3.63, 3.8) is 0 Å². The van der Waals surface area contributed by atoms with Crippen molar-refractivity contribution in [1.82, 2.24) is 15.5 Å². The third-order valence-electron chi connectivity index (χ3n) is 3.81. The van der Waals surface area contributed by atoms with E-state index in [1.807, 2.05) is 44.3 Å². The summed E-state index contributed by atoms with van der Waals surface area (Å²) < 4.78 is 10.3. The Kier molecular flexibility index (Phi) is 12.7. The Morgan fingerprint density at radius 2 is 1.93 bits per heavy atom. The Labute approximate surface area is 163 Å². The molecule has 1 amide bonds. The second-order valence-electron chi connectivity index (χ2n) is 6.13. The summed E-state index contributed by atoms with van der Waals surface area (Å²) >= 11 is 0. The van der Waals surface area contributed by atoms with E-state index < -0.39 is 0 Å². The van der Waals surface area contributed by atoms with Gasteiger partial charge in [-0.3, -0.25) is 9.79 Å². The molecule has 1 rings (SSSR count). The molecular formula is C20H34N4O3. The monoisotopic (exact) mass is 378 g/mol. The first-order valence-electron chi connectivity index (χ1n) is 9.54. The van der Waals surface area contributed by atoms with E-state index in [0.717, 1.165) is 24.5 Å². The van der Waals surface area contributed by atoms with Crippen molar-refractivity contribution < 1.29 is 14.3 Å². The van der Waals surface area contributed by atoms with E-state index in [1.165, 1.54) is 0 Å². The molecule has 0 aliphatic rings. The minimum atomic E-state index is 0.105. The van der Waals surface area contributed by atoms with Crippen LogP contribution in [-0.2, 0) is 20.8 Å². The zero-order valence-electron chi connectivity index (χ0n) is 16.9. The Morgan fingerprint density at radius 3 is 2.63 bits per heavy atom. The van der Waals surface area contributed by atoms with Crippen molar-refractivity contribution in [3.05, 3.63) is 35.9 Å². The number of aliphatic imine (C=N–C) groups is 1. The van der Waals surface area contributed by atoms with Crippen molar-refractivity contribution in [2.75, 3.05) is 53.6 Å². The van der Waals surface area contributed by atoms with E-state index >= 15 is 0 Å². The predicted octanol–water partition coefficient (Wildman–Crippen LogP) is 1.64. The topological polar surface area (TPSA) is 75.2 Å². The molecule has 0 saturated carbocycles. The summed E-state index contributed by atoms with van der Waals surface area (Å²) in [6.07, 6.45) is 1.27. The van der Waals surface area contributed by atoms with Crippen LogP contribution in [0.15, 0.2) is 35.3 Å². The lowest BCUT2D eigenvalue weighted by Gasteiger charge is -2.18. The molecule has 1 aromatic rings. The number of nitrogens with one attached hydrogen (secondary N) is 2. The third-order valence-corrected chi connectivity index (χ3v) is 3.81. The zero-order valence-corrected chi connectivity index (χ0v) is 16.9. The van der Waals surface area contributed by atoms with E-state index in [1.54, 1.807) is 12.0 Å². The summed E-state index contributed by atoms with van der Waals surface area (Å²) in [5.41, 5.74) is 1.13. The quantitative estimate of drug-likeness (QED) is 0.310. The molecule has 0 saturated heterocycles. The van der Waals surface area contributed by atoms with Gasteiger partial charge in [-0.15, -0.1) is 0 Å². The smallest absolute Gasteiger partial charge is 0.224 e. The van der Waals surface area contributed by atoms with Crippen LogP contribution in [0.4, 0.5) is 0 Å². The van der Waals surface area contributed by atoms with Crippen molar-refractivity contribution in [2.24, 2.45) is 4.99 Å². The number of hydrogen-bond donors (Lipinski definition) is 2. The normalized spacial score (nSPS) is 11.3. The van der Waals surface area contributed by atoms with Crippen LogP contribution in [0.1, 0.15) is 25.3 Å². The summed E-state index contributed by atoms with van der Waals surface area (Å²) in [5, 5.41) is 6.40. The second kappa shape index (κ2) is 15.0. The molecule has 0 aliphatic heterocycles. The maximum atomic E-state index is 12.3. The molecule has 0 heterocycles. The fraction of sp³-hybridized carbons (Fsp3) is 0.600. The lowest BCUT2D eigenvalue weighted by Crippen LogP contribution is -2.39. The highest BCUT2D eigenvalue weighted by Gasteiger charge is 2.09. The molecule has 0 bridgehead atoms. The molecule has 7 nitrogen and oxygen atoms in total. The van der Waals surface area contributed by atoms with Crippen molar-refractivity contribution in [1.29, 1.82) is 0 Å². The molecule has 0 radical (unpaired) electrons. The Balaban J connectivity index is 2.26. The van der Waals surface area contributed by atoms with Crippen LogP contribution in [0, 0.1) is 0 Å². The summed E-state index contributed by atoms with van der Waals surface area (Å²) in [4.78, 5) is 18.5. The van der Waals surface area contributed by atoms with Gasteiger partial charge < -0.3 is 25.0 Å². The van der Waals surface area contributed by atoms with E-state index in [2.05, 4.69) is 15.6 Å². The van der Waals surface area contributed by atoms with Crippen LogP contribution in [0.25, 0.3) is 0 Å². The minimum absolute atomic E-state index is 0.105. The van der Waals surface area contributed by atoms with Crippen LogP contribution in [0.2, 0.25) is 0 Å². The molecule has 1 aromatic carbocycles. The third kappa shape index (κ3) is 11.2. The number of carbonyl (C=O) groups is 1. The molecule has 27 heavy (non-hydrogen) atoms. The molecule has 0 aromatic heterocycles. The number of carbonyl (C=O) groups excluding carboxylic acids is 1. The summed E-state index contributed by atoms with van der Waals surface area (Å²) in [6, 6.07) is 9.99. The molecule has 152 valence electrons. The minimum Gasteiger partial charge on any atom is -0.382 e. The predicted molar refractivity (Wildman–Crippen MR) is 109 cm³/mol. The molecule has 0 atom stereocenters. The molecule has 0 aliphatic carbocycles. The molecule has 2 N–H and O–H groups in total. The van der Waals surface area contributed by atoms with Gasteiger partial charge in [0.1, 0.15) is 0 Å². The first-order valence-corrected chi connectivity index (χ1v) is 9.54. The van der Waals surface area contributed by atoms with E-state index in [-0.39, 0.29) is 5.91 Å². The first-order chi connectivity index (χ1) is 13.2. The van der Waals surface area contributed by atoms with Crippen molar-refractivity contribution in [2.45, 2.75) is 26.3 Å². The average molecular weight is 379 g/mol. The number of benzene rings is 1. The molecular weight excluding hydrogens is 344 g/mol. The fourth-order valence-electron chi connectivity index (χ4n) is 2.37. The lowest BCUT2D eigenvalue weighted by atomic mass is 10.2. The van der Waals surface area contributed by atoms with Crippen LogP contribution in [-0.4, -0.2) is 70.4 Å². The van der Waals surface area contributed by atoms with Crippen LogP contribution in [0.3, 0.4) is 0 Å². The van der Waals surface area contributed by atoms with Gasteiger partial charge in [0.15, 0.2) is 5.96 Å². The molecule has 7 heteroatoms. The van der Waals surface area contributed by atoms with Crippen LogP contribution in [0.5, 0.6) is 0 Å². The molecule has 0 spiro atoms. The Hall–Kier alpha value is -2.12. The van der Waals surface area contributed by atoms with Gasteiger partial charge in [0.05, 0.1) is 13.2 Å². The summed E-state index contributed by atoms with van der Waals surface area (Å²) in [7, 11) is 3.49. The van der Waals surface area contributed by atoms with Crippen LogP contribution < -0.4 is 10.6 Å². The highest BCUT2D eigenvalue weighted by atomic mass is 16.5. The number of methoxy groups -OCH3 is 1. The second-order valence-corrected chi connectivity index (χ2v) is 6.13. The molecule has 0 fully saturated rings. The van der Waals surface area contributed by atoms with Crippen molar-refractivity contribution in [3.8, 4) is 0 Å². The molecule has 0 unspecified atom stereocenters. The van der Waals surface area contributed by atoms with Gasteiger partial charge in [-0.1, -0.05) is 30.3 Å². The van der Waals surface area contributed by atoms with Gasteiger partial charge in [0, 0.05) is 53.4 Å². The van der Waals surface area contributed by atoms with Gasteiger partial charge in [-0.2, -0.15) is 0 Å². The largest absolute Gasteiger partial charge is 0.382 e. The van der Waals surface area contributed by atoms with E-state index in [9.17, 15) is 4.79 Å². The van der Waals surface area contributed by atoms with Gasteiger partial charge in [-0.25, -0.2) is 0 Å². The summed E-state index contributed by atoms with van der Waals surface area (Å²) in [5.74, 6) is 0.835. The van der Waals surface area contributed by atoms with Gasteiger partial charge in [0.25, 0.3) is 0 Å². The highest BCUT2D eigenvalue weighted by Crippen LogP contribution is 2.03. The fourth-order valence-corrected chi connectivity index (χ4v) is 2.37. The lowest BCUT2D eigenvalue weighted by molar-refractivity contribution is -0.130. The standard InChI is InChI=1S/C20H34N4O3/c1-4-21-20(22-12-8-14-27-16-15-26-3)23-13-11-19(25)24(2)17-18-9-6-5-7-10-18/h5-7,9-10H,4,8,11-17H2,1-3H3,(H2,21,22,23). The number of rotatable bonds is 13. The highest BCUT2D eigenvalue weighted by molar-refractivity contribution is 5.81. The maximum absolute atomic E-state index is 12.3. The van der Waals surface area contributed by atoms with Gasteiger partial charge in [0.2, 0.25) is 5.91 Å². The zero-order chi connectivity index (χ0) is 19.7.